The first-order valence-electron chi connectivity index (χ1n) is 10.7. The van der Waals surface area contributed by atoms with Crippen molar-refractivity contribution < 1.29 is 22.4 Å². The predicted octanol–water partition coefficient (Wildman–Crippen LogP) is 0.717. The smallest absolute Gasteiger partial charge is 0.273 e. The fraction of sp³-hybridized carbons (Fsp3) is 0.409. The van der Waals surface area contributed by atoms with Gasteiger partial charge in [-0.05, 0) is 25.0 Å². The number of amides is 2. The van der Waals surface area contributed by atoms with Crippen LogP contribution in [-0.4, -0.2) is 65.9 Å². The van der Waals surface area contributed by atoms with E-state index in [1.165, 1.54) is 9.21 Å². The van der Waals surface area contributed by atoms with Crippen LogP contribution >= 0.6 is 0 Å². The van der Waals surface area contributed by atoms with Gasteiger partial charge in [-0.3, -0.25) is 19.0 Å². The Morgan fingerprint density at radius 3 is 2.48 bits per heavy atom. The van der Waals surface area contributed by atoms with Crippen molar-refractivity contribution in [1.29, 1.82) is 0 Å². The van der Waals surface area contributed by atoms with Crippen molar-refractivity contribution in [2.75, 3.05) is 31.9 Å². The van der Waals surface area contributed by atoms with E-state index in [-0.39, 0.29) is 44.0 Å². The van der Waals surface area contributed by atoms with E-state index in [9.17, 15) is 27.2 Å². The van der Waals surface area contributed by atoms with E-state index in [1.54, 1.807) is 0 Å². The van der Waals surface area contributed by atoms with Crippen molar-refractivity contribution in [2.45, 2.75) is 26.4 Å². The molecule has 2 aliphatic rings. The molecule has 176 valence electrons. The van der Waals surface area contributed by atoms with Crippen molar-refractivity contribution in [2.24, 2.45) is 0 Å². The second-order valence-corrected chi connectivity index (χ2v) is 10.3. The standard InChI is InChI=1S/C22H25FN4O5S/c1-15-3-5-16(6-4-15)14-24-20(28)17-13-18(23)19-22(30)25(9-11-27(19)21(17)29)8-10-26-7-2-12-33(26,31)32/h3-6,13H,2,7-12,14H2,1H3,(H,24,28). The van der Waals surface area contributed by atoms with E-state index in [1.807, 2.05) is 31.2 Å². The lowest BCUT2D eigenvalue weighted by Crippen LogP contribution is -2.49. The predicted molar refractivity (Wildman–Crippen MR) is 119 cm³/mol. The SMILES string of the molecule is Cc1ccc(CNC(=O)c2cc(F)c3n(c2=O)CCN(CCN2CCCS2(=O)=O)C3=O)cc1. The Balaban J connectivity index is 1.48. The van der Waals surface area contributed by atoms with E-state index in [0.717, 1.165) is 21.8 Å². The Kier molecular flexibility index (Phi) is 6.35. The van der Waals surface area contributed by atoms with Gasteiger partial charge < -0.3 is 10.2 Å². The summed E-state index contributed by atoms with van der Waals surface area (Å²) < 4.78 is 41.1. The van der Waals surface area contributed by atoms with Crippen molar-refractivity contribution in [1.82, 2.24) is 19.1 Å². The summed E-state index contributed by atoms with van der Waals surface area (Å²) in [4.78, 5) is 39.6. The van der Waals surface area contributed by atoms with Gasteiger partial charge in [0, 0.05) is 39.3 Å². The maximum atomic E-state index is 14.9. The number of sulfonamides is 1. The maximum absolute atomic E-state index is 14.9. The molecule has 0 atom stereocenters. The van der Waals surface area contributed by atoms with E-state index in [4.69, 9.17) is 0 Å². The summed E-state index contributed by atoms with van der Waals surface area (Å²) in [6, 6.07) is 8.27. The second kappa shape index (κ2) is 9.06. The molecule has 0 aliphatic carbocycles. The van der Waals surface area contributed by atoms with Gasteiger partial charge in [-0.15, -0.1) is 0 Å². The lowest BCUT2D eigenvalue weighted by molar-refractivity contribution is 0.0683. The largest absolute Gasteiger partial charge is 0.348 e. The Morgan fingerprint density at radius 2 is 1.82 bits per heavy atom. The summed E-state index contributed by atoms with van der Waals surface area (Å²) in [5.41, 5.74) is 0.389. The molecular weight excluding hydrogens is 451 g/mol. The highest BCUT2D eigenvalue weighted by Crippen LogP contribution is 2.17. The van der Waals surface area contributed by atoms with E-state index in [0.29, 0.717) is 13.0 Å². The molecule has 11 heteroatoms. The molecule has 2 amide bonds. The number of carbonyl (C=O) groups excluding carboxylic acids is 2. The number of nitrogens with one attached hydrogen (secondary N) is 1. The average molecular weight is 477 g/mol. The first-order chi connectivity index (χ1) is 15.7. The molecule has 9 nitrogen and oxygen atoms in total. The average Bonchev–Trinajstić information content (AvgIpc) is 3.12. The van der Waals surface area contributed by atoms with Gasteiger partial charge in [0.15, 0.2) is 5.82 Å². The van der Waals surface area contributed by atoms with E-state index in [2.05, 4.69) is 5.32 Å². The zero-order valence-corrected chi connectivity index (χ0v) is 19.0. The molecule has 1 aromatic carbocycles. The fourth-order valence-electron chi connectivity index (χ4n) is 4.07. The molecular formula is C22H25FN4O5S. The summed E-state index contributed by atoms with van der Waals surface area (Å²) in [6.07, 6.45) is 0.540. The number of fused-ring (bicyclic) bond motifs is 1. The van der Waals surface area contributed by atoms with Crippen LogP contribution in [0.4, 0.5) is 4.39 Å². The highest BCUT2D eigenvalue weighted by molar-refractivity contribution is 7.89. The minimum Gasteiger partial charge on any atom is -0.348 e. The molecule has 33 heavy (non-hydrogen) atoms. The van der Waals surface area contributed by atoms with Gasteiger partial charge in [-0.25, -0.2) is 17.1 Å². The van der Waals surface area contributed by atoms with Crippen LogP contribution in [0.5, 0.6) is 0 Å². The number of rotatable bonds is 6. The van der Waals surface area contributed by atoms with Crippen LogP contribution in [0.25, 0.3) is 0 Å². The lowest BCUT2D eigenvalue weighted by Gasteiger charge is -2.31. The Hall–Kier alpha value is -3.05. The van der Waals surface area contributed by atoms with Crippen LogP contribution in [0.2, 0.25) is 0 Å². The molecule has 0 saturated carbocycles. The van der Waals surface area contributed by atoms with E-state index < -0.39 is 38.9 Å². The number of pyridine rings is 1. The van der Waals surface area contributed by atoms with Crippen LogP contribution in [0.3, 0.4) is 0 Å². The van der Waals surface area contributed by atoms with E-state index >= 15 is 0 Å². The zero-order valence-electron chi connectivity index (χ0n) is 18.2. The summed E-state index contributed by atoms with van der Waals surface area (Å²) in [5.74, 6) is -2.29. The van der Waals surface area contributed by atoms with Gasteiger partial charge >= 0.3 is 0 Å². The zero-order chi connectivity index (χ0) is 23.8. The molecule has 1 fully saturated rings. The van der Waals surface area contributed by atoms with Gasteiger partial charge in [0.2, 0.25) is 10.0 Å². The fourth-order valence-corrected chi connectivity index (χ4v) is 5.59. The van der Waals surface area contributed by atoms with Gasteiger partial charge in [0.05, 0.1) is 5.75 Å². The molecule has 1 saturated heterocycles. The lowest BCUT2D eigenvalue weighted by atomic mass is 10.1. The number of carbonyl (C=O) groups is 2. The Bertz CT molecular complexity index is 1260. The highest BCUT2D eigenvalue weighted by atomic mass is 32.2. The first kappa shape index (κ1) is 23.1. The summed E-state index contributed by atoms with van der Waals surface area (Å²) >= 11 is 0. The monoisotopic (exact) mass is 476 g/mol. The minimum atomic E-state index is -3.30. The molecule has 2 aliphatic heterocycles. The number of halogens is 1. The summed E-state index contributed by atoms with van der Waals surface area (Å²) in [5, 5.41) is 2.61. The van der Waals surface area contributed by atoms with Crippen LogP contribution in [-0.2, 0) is 23.1 Å². The molecule has 1 aromatic heterocycles. The third-order valence-corrected chi connectivity index (χ3v) is 7.92. The number of benzene rings is 1. The highest BCUT2D eigenvalue weighted by Gasteiger charge is 2.33. The number of hydrogen-bond acceptors (Lipinski definition) is 5. The number of hydrogen-bond donors (Lipinski definition) is 1. The molecule has 0 radical (unpaired) electrons. The molecule has 0 bridgehead atoms. The number of aryl methyl sites for hydroxylation is 1. The van der Waals surface area contributed by atoms with Crippen LogP contribution < -0.4 is 10.9 Å². The van der Waals surface area contributed by atoms with Crippen molar-refractivity contribution in [3.8, 4) is 0 Å². The molecule has 0 spiro atoms. The summed E-state index contributed by atoms with van der Waals surface area (Å²) in [7, 11) is -3.30. The topological polar surface area (TPSA) is 109 Å². The number of aromatic nitrogens is 1. The molecule has 1 N–H and O–H groups in total. The van der Waals surface area contributed by atoms with Crippen LogP contribution in [0.15, 0.2) is 35.1 Å². The molecule has 2 aromatic rings. The van der Waals surface area contributed by atoms with Crippen LogP contribution in [0.1, 0.15) is 38.4 Å². The van der Waals surface area contributed by atoms with Gasteiger partial charge in [0.25, 0.3) is 17.4 Å². The Labute approximate surface area is 190 Å². The van der Waals surface area contributed by atoms with Gasteiger partial charge in [0.1, 0.15) is 11.3 Å². The first-order valence-corrected chi connectivity index (χ1v) is 12.3. The van der Waals surface area contributed by atoms with Gasteiger partial charge in [-0.2, -0.15) is 0 Å². The van der Waals surface area contributed by atoms with Crippen LogP contribution in [0, 0.1) is 12.7 Å². The normalized spacial score (nSPS) is 17.8. The third kappa shape index (κ3) is 4.69. The number of nitrogens with zero attached hydrogens (tertiary/aromatic N) is 3. The molecule has 4 rings (SSSR count). The summed E-state index contributed by atoms with van der Waals surface area (Å²) in [6.45, 7) is 2.87. The quantitative estimate of drug-likeness (QED) is 0.661. The Morgan fingerprint density at radius 1 is 1.09 bits per heavy atom. The third-order valence-electron chi connectivity index (χ3n) is 5.97. The molecule has 0 unspecified atom stereocenters. The molecule has 3 heterocycles. The maximum Gasteiger partial charge on any atom is 0.273 e. The van der Waals surface area contributed by atoms with Crippen molar-refractivity contribution in [3.63, 3.8) is 0 Å². The second-order valence-electron chi connectivity index (χ2n) is 8.24. The van der Waals surface area contributed by atoms with Crippen molar-refractivity contribution in [3.05, 3.63) is 68.9 Å². The van der Waals surface area contributed by atoms with Gasteiger partial charge in [-0.1, -0.05) is 29.8 Å². The van der Waals surface area contributed by atoms with Crippen molar-refractivity contribution >= 4 is 21.8 Å². The minimum absolute atomic E-state index is 0.0165.